The highest BCUT2D eigenvalue weighted by Gasteiger charge is 2.24. The van der Waals surface area contributed by atoms with E-state index in [4.69, 9.17) is 5.11 Å². The molecule has 0 radical (unpaired) electrons. The minimum Gasteiger partial charge on any atom is -0.476 e. The van der Waals surface area contributed by atoms with E-state index in [1.54, 1.807) is 0 Å². The van der Waals surface area contributed by atoms with Crippen molar-refractivity contribution in [1.29, 1.82) is 0 Å². The molecule has 0 saturated heterocycles. The summed E-state index contributed by atoms with van der Waals surface area (Å²) in [7, 11) is 0. The zero-order valence-electron chi connectivity index (χ0n) is 8.72. The van der Waals surface area contributed by atoms with Gasteiger partial charge in [0.25, 0.3) is 0 Å². The summed E-state index contributed by atoms with van der Waals surface area (Å²) in [5.74, 6) is -1.38. The Morgan fingerprint density at radius 3 is 2.71 bits per heavy atom. The number of carbonyl (C=O) groups is 1. The van der Waals surface area contributed by atoms with Gasteiger partial charge in [0.2, 0.25) is 5.83 Å². The van der Waals surface area contributed by atoms with E-state index in [1.165, 1.54) is 0 Å². The van der Waals surface area contributed by atoms with Crippen LogP contribution in [0.25, 0.3) is 0 Å². The third-order valence-electron chi connectivity index (χ3n) is 3.00. The molecule has 2 nitrogen and oxygen atoms in total. The van der Waals surface area contributed by atoms with Gasteiger partial charge in [-0.25, -0.2) is 4.79 Å². The fourth-order valence-electron chi connectivity index (χ4n) is 2.02. The summed E-state index contributed by atoms with van der Waals surface area (Å²) in [5.41, 5.74) is 0.502. The largest absolute Gasteiger partial charge is 0.476 e. The molecular formula is C11H17FO2. The van der Waals surface area contributed by atoms with Crippen LogP contribution in [0.1, 0.15) is 39.5 Å². The van der Waals surface area contributed by atoms with E-state index < -0.39 is 11.8 Å². The van der Waals surface area contributed by atoms with Crippen molar-refractivity contribution >= 4 is 5.97 Å². The van der Waals surface area contributed by atoms with Gasteiger partial charge in [-0.05, 0) is 43.1 Å². The number of halogens is 1. The second kappa shape index (κ2) is 4.58. The molecule has 1 atom stereocenters. The van der Waals surface area contributed by atoms with Gasteiger partial charge in [0, 0.05) is 0 Å². The van der Waals surface area contributed by atoms with Crippen molar-refractivity contribution in [3.8, 4) is 0 Å². The molecule has 1 fully saturated rings. The van der Waals surface area contributed by atoms with Gasteiger partial charge in [-0.1, -0.05) is 13.8 Å². The summed E-state index contributed by atoms with van der Waals surface area (Å²) >= 11 is 0. The molecule has 14 heavy (non-hydrogen) atoms. The van der Waals surface area contributed by atoms with E-state index in [2.05, 4.69) is 13.8 Å². The van der Waals surface area contributed by atoms with E-state index in [0.29, 0.717) is 30.3 Å². The Morgan fingerprint density at radius 2 is 2.21 bits per heavy atom. The molecule has 0 aromatic heterocycles. The lowest BCUT2D eigenvalue weighted by molar-refractivity contribution is -0.134. The van der Waals surface area contributed by atoms with Crippen LogP contribution in [-0.4, -0.2) is 11.1 Å². The molecule has 0 heterocycles. The Labute approximate surface area is 83.8 Å². The van der Waals surface area contributed by atoms with Crippen LogP contribution in [0.5, 0.6) is 0 Å². The second-order valence-corrected chi connectivity index (χ2v) is 4.32. The van der Waals surface area contributed by atoms with Crippen LogP contribution < -0.4 is 0 Å². The van der Waals surface area contributed by atoms with Gasteiger partial charge in [0.1, 0.15) is 0 Å². The van der Waals surface area contributed by atoms with Crippen LogP contribution in [-0.2, 0) is 4.79 Å². The van der Waals surface area contributed by atoms with Crippen molar-refractivity contribution in [2.24, 2.45) is 11.8 Å². The Bertz CT molecular complexity index is 256. The topological polar surface area (TPSA) is 37.3 Å². The maximum Gasteiger partial charge on any atom is 0.364 e. The quantitative estimate of drug-likeness (QED) is 0.695. The lowest BCUT2D eigenvalue weighted by Crippen LogP contribution is -2.16. The third kappa shape index (κ3) is 2.56. The molecule has 0 spiro atoms. The molecule has 1 unspecified atom stereocenters. The molecule has 1 aliphatic rings. The van der Waals surface area contributed by atoms with Crippen molar-refractivity contribution in [1.82, 2.24) is 0 Å². The number of allylic oxidation sites excluding steroid dienone is 1. The summed E-state index contributed by atoms with van der Waals surface area (Å²) in [4.78, 5) is 10.4. The zero-order valence-corrected chi connectivity index (χ0v) is 8.72. The van der Waals surface area contributed by atoms with Crippen molar-refractivity contribution in [2.45, 2.75) is 39.5 Å². The smallest absolute Gasteiger partial charge is 0.364 e. The molecule has 3 heteroatoms. The molecule has 0 aliphatic heterocycles. The van der Waals surface area contributed by atoms with E-state index in [0.717, 1.165) is 12.8 Å². The van der Waals surface area contributed by atoms with Crippen molar-refractivity contribution in [2.75, 3.05) is 0 Å². The normalized spacial score (nSPS) is 26.4. The summed E-state index contributed by atoms with van der Waals surface area (Å²) in [6, 6.07) is 0. The fraction of sp³-hybridized carbons (Fsp3) is 0.727. The minimum absolute atomic E-state index is 0.448. The van der Waals surface area contributed by atoms with Crippen molar-refractivity contribution < 1.29 is 14.3 Å². The molecule has 1 N–H and O–H groups in total. The molecule has 0 aromatic rings. The van der Waals surface area contributed by atoms with Gasteiger partial charge in [-0.3, -0.25) is 0 Å². The third-order valence-corrected chi connectivity index (χ3v) is 3.00. The molecule has 0 amide bonds. The molecule has 0 bridgehead atoms. The maximum absolute atomic E-state index is 13.1. The molecule has 1 aliphatic carbocycles. The van der Waals surface area contributed by atoms with E-state index >= 15 is 0 Å². The van der Waals surface area contributed by atoms with Crippen LogP contribution in [0, 0.1) is 11.8 Å². The summed E-state index contributed by atoms with van der Waals surface area (Å²) in [5, 5.41) is 8.53. The Morgan fingerprint density at radius 1 is 1.57 bits per heavy atom. The van der Waals surface area contributed by atoms with Gasteiger partial charge in [-0.2, -0.15) is 4.39 Å². The number of aliphatic carboxylic acids is 1. The highest BCUT2D eigenvalue weighted by atomic mass is 19.1. The molecule has 80 valence electrons. The summed E-state index contributed by atoms with van der Waals surface area (Å²) < 4.78 is 13.1. The van der Waals surface area contributed by atoms with E-state index in [-0.39, 0.29) is 0 Å². The first-order valence-electron chi connectivity index (χ1n) is 5.13. The monoisotopic (exact) mass is 200 g/mol. The van der Waals surface area contributed by atoms with Crippen molar-refractivity contribution in [3.63, 3.8) is 0 Å². The first-order valence-corrected chi connectivity index (χ1v) is 5.13. The maximum atomic E-state index is 13.1. The van der Waals surface area contributed by atoms with Crippen molar-refractivity contribution in [3.05, 3.63) is 11.4 Å². The van der Waals surface area contributed by atoms with Gasteiger partial charge >= 0.3 is 5.97 Å². The Kier molecular flexibility index (Phi) is 3.67. The SMILES string of the molecule is CC(C)C1CCC/C(=C(\F)C(=O)O)C1. The molecular weight excluding hydrogens is 183 g/mol. The Hall–Kier alpha value is -0.860. The lowest BCUT2D eigenvalue weighted by atomic mass is 9.79. The number of carboxylic acid groups (broad SMARTS) is 1. The predicted molar refractivity (Wildman–Crippen MR) is 52.6 cm³/mol. The van der Waals surface area contributed by atoms with Gasteiger partial charge in [-0.15, -0.1) is 0 Å². The van der Waals surface area contributed by atoms with Crippen LogP contribution in [0.4, 0.5) is 4.39 Å². The minimum atomic E-state index is -1.41. The van der Waals surface area contributed by atoms with E-state index in [9.17, 15) is 9.18 Å². The Balaban J connectivity index is 2.73. The number of rotatable bonds is 2. The first-order chi connectivity index (χ1) is 6.52. The van der Waals surface area contributed by atoms with Gasteiger partial charge in [0.05, 0.1) is 0 Å². The van der Waals surface area contributed by atoms with Crippen LogP contribution in [0.15, 0.2) is 11.4 Å². The van der Waals surface area contributed by atoms with Gasteiger partial charge < -0.3 is 5.11 Å². The number of hydrogen-bond donors (Lipinski definition) is 1. The van der Waals surface area contributed by atoms with Crippen LogP contribution in [0.2, 0.25) is 0 Å². The van der Waals surface area contributed by atoms with E-state index in [1.807, 2.05) is 0 Å². The molecule has 1 saturated carbocycles. The second-order valence-electron chi connectivity index (χ2n) is 4.32. The van der Waals surface area contributed by atoms with Crippen LogP contribution >= 0.6 is 0 Å². The number of carboxylic acids is 1. The highest BCUT2D eigenvalue weighted by molar-refractivity contribution is 5.84. The summed E-state index contributed by atoms with van der Waals surface area (Å²) in [6.45, 7) is 4.21. The molecule has 0 aromatic carbocycles. The standard InChI is InChI=1S/C11H17FO2/c1-7(2)8-4-3-5-9(6-8)10(12)11(13)14/h7-8H,3-6H2,1-2H3,(H,13,14)/b10-9+. The lowest BCUT2D eigenvalue weighted by Gasteiger charge is -2.27. The molecule has 1 rings (SSSR count). The van der Waals surface area contributed by atoms with Crippen LogP contribution in [0.3, 0.4) is 0 Å². The van der Waals surface area contributed by atoms with Gasteiger partial charge in [0.15, 0.2) is 0 Å². The average Bonchev–Trinajstić information content (AvgIpc) is 2.16. The summed E-state index contributed by atoms with van der Waals surface area (Å²) in [6.07, 6.45) is 3.24. The number of hydrogen-bond acceptors (Lipinski definition) is 1. The highest BCUT2D eigenvalue weighted by Crippen LogP contribution is 2.34. The average molecular weight is 200 g/mol. The first kappa shape index (κ1) is 11.2. The predicted octanol–water partition coefficient (Wildman–Crippen LogP) is 3.14. The fourth-order valence-corrected chi connectivity index (χ4v) is 2.02. The zero-order chi connectivity index (χ0) is 10.7.